The Morgan fingerprint density at radius 3 is 2.73 bits per heavy atom. The molecule has 30 heavy (non-hydrogen) atoms. The molecule has 2 atom stereocenters. The lowest BCUT2D eigenvalue weighted by Crippen LogP contribution is -3.08. The van der Waals surface area contributed by atoms with E-state index in [1.807, 2.05) is 12.1 Å². The number of quaternary nitrogens is 1. The van der Waals surface area contributed by atoms with Crippen molar-refractivity contribution in [1.29, 1.82) is 0 Å². The number of ether oxygens (including phenoxy) is 2. The first-order valence-corrected chi connectivity index (χ1v) is 11.0. The number of hydrogen-bond acceptors (Lipinski definition) is 4. The van der Waals surface area contributed by atoms with Crippen LogP contribution in [0.4, 0.5) is 0 Å². The molecular weight excluding hydrogens is 378 g/mol. The van der Waals surface area contributed by atoms with Crippen molar-refractivity contribution in [3.05, 3.63) is 69.6 Å². The summed E-state index contributed by atoms with van der Waals surface area (Å²) in [6, 6.07) is 14.7. The number of benzene rings is 2. The highest BCUT2D eigenvalue weighted by Gasteiger charge is 2.31. The molecule has 1 N–H and O–H groups in total. The van der Waals surface area contributed by atoms with Crippen LogP contribution >= 0.6 is 0 Å². The van der Waals surface area contributed by atoms with Crippen LogP contribution in [0.15, 0.2) is 51.7 Å². The van der Waals surface area contributed by atoms with Crippen LogP contribution < -0.4 is 20.0 Å². The third-order valence-electron chi connectivity index (χ3n) is 6.38. The maximum absolute atomic E-state index is 12.2. The van der Waals surface area contributed by atoms with Gasteiger partial charge >= 0.3 is 5.63 Å². The van der Waals surface area contributed by atoms with Gasteiger partial charge in [0.1, 0.15) is 18.2 Å². The highest BCUT2D eigenvalue weighted by molar-refractivity contribution is 5.80. The van der Waals surface area contributed by atoms with Crippen molar-refractivity contribution in [2.45, 2.75) is 45.2 Å². The zero-order chi connectivity index (χ0) is 20.5. The van der Waals surface area contributed by atoms with Crippen LogP contribution in [0.25, 0.3) is 11.0 Å². The number of hydrogen-bond donors (Lipinski definition) is 1. The quantitative estimate of drug-likeness (QED) is 0.675. The first-order valence-electron chi connectivity index (χ1n) is 11.0. The molecule has 1 fully saturated rings. The van der Waals surface area contributed by atoms with E-state index in [1.54, 1.807) is 6.07 Å². The number of aryl methyl sites for hydroxylation is 1. The molecule has 3 aromatic rings. The Morgan fingerprint density at radius 1 is 1.00 bits per heavy atom. The van der Waals surface area contributed by atoms with Gasteiger partial charge in [0.15, 0.2) is 11.5 Å². The standard InChI is InChI=1S/C25H27NO4/c1-2-17-6-8-20-19(15-25(27)30-23(20)13-17)16-26-10-3-5-21(26)18-7-9-22-24(14-18)29-12-4-11-28-22/h6-9,13-15,21H,2-5,10-12,16H2,1H3/p+1/t21-/m1/s1. The van der Waals surface area contributed by atoms with Gasteiger partial charge in [-0.15, -0.1) is 0 Å². The van der Waals surface area contributed by atoms with E-state index in [9.17, 15) is 4.79 Å². The molecule has 3 heterocycles. The first-order chi connectivity index (χ1) is 14.7. The molecule has 5 nitrogen and oxygen atoms in total. The molecule has 0 bridgehead atoms. The summed E-state index contributed by atoms with van der Waals surface area (Å²) < 4.78 is 17.2. The van der Waals surface area contributed by atoms with Crippen molar-refractivity contribution in [2.24, 2.45) is 0 Å². The molecule has 5 rings (SSSR count). The van der Waals surface area contributed by atoms with E-state index in [-0.39, 0.29) is 5.63 Å². The Labute approximate surface area is 176 Å². The Balaban J connectivity index is 1.45. The molecule has 5 heteroatoms. The highest BCUT2D eigenvalue weighted by Crippen LogP contribution is 2.33. The summed E-state index contributed by atoms with van der Waals surface area (Å²) >= 11 is 0. The van der Waals surface area contributed by atoms with Gasteiger partial charge in [-0.05, 0) is 36.2 Å². The Kier molecular flexibility index (Phi) is 5.21. The number of rotatable bonds is 4. The summed E-state index contributed by atoms with van der Waals surface area (Å²) in [7, 11) is 0. The number of likely N-dealkylation sites (tertiary alicyclic amines) is 1. The summed E-state index contributed by atoms with van der Waals surface area (Å²) in [5, 5.41) is 1.05. The Morgan fingerprint density at radius 2 is 1.87 bits per heavy atom. The van der Waals surface area contributed by atoms with Crippen molar-refractivity contribution in [3.8, 4) is 11.5 Å². The van der Waals surface area contributed by atoms with E-state index in [0.29, 0.717) is 24.8 Å². The summed E-state index contributed by atoms with van der Waals surface area (Å²) in [6.45, 7) is 5.41. The minimum absolute atomic E-state index is 0.267. The zero-order valence-electron chi connectivity index (χ0n) is 17.4. The Bertz CT molecular complexity index is 1120. The van der Waals surface area contributed by atoms with E-state index in [2.05, 4.69) is 31.2 Å². The largest absolute Gasteiger partial charge is 0.490 e. The van der Waals surface area contributed by atoms with Crippen molar-refractivity contribution in [3.63, 3.8) is 0 Å². The molecule has 0 aliphatic carbocycles. The maximum atomic E-state index is 12.2. The third kappa shape index (κ3) is 3.70. The van der Waals surface area contributed by atoms with Gasteiger partial charge in [-0.2, -0.15) is 0 Å². The van der Waals surface area contributed by atoms with E-state index in [0.717, 1.165) is 54.8 Å². The van der Waals surface area contributed by atoms with Gasteiger partial charge in [0, 0.05) is 41.8 Å². The van der Waals surface area contributed by atoms with Crippen LogP contribution in [0.3, 0.4) is 0 Å². The summed E-state index contributed by atoms with van der Waals surface area (Å²) in [5.74, 6) is 1.70. The zero-order valence-corrected chi connectivity index (χ0v) is 17.4. The maximum Gasteiger partial charge on any atom is 0.336 e. The third-order valence-corrected chi connectivity index (χ3v) is 6.38. The molecule has 1 unspecified atom stereocenters. The van der Waals surface area contributed by atoms with Crippen LogP contribution in [0.2, 0.25) is 0 Å². The van der Waals surface area contributed by atoms with Crippen molar-refractivity contribution in [1.82, 2.24) is 0 Å². The van der Waals surface area contributed by atoms with Gasteiger partial charge in [0.25, 0.3) is 0 Å². The molecule has 2 aliphatic heterocycles. The minimum Gasteiger partial charge on any atom is -0.490 e. The molecule has 0 spiro atoms. The van der Waals surface area contributed by atoms with E-state index >= 15 is 0 Å². The second-order valence-electron chi connectivity index (χ2n) is 8.31. The molecule has 1 saturated heterocycles. The molecule has 2 aromatic carbocycles. The molecule has 0 saturated carbocycles. The average molecular weight is 407 g/mol. The van der Waals surface area contributed by atoms with E-state index < -0.39 is 0 Å². The van der Waals surface area contributed by atoms with Crippen molar-refractivity contribution in [2.75, 3.05) is 19.8 Å². The second-order valence-corrected chi connectivity index (χ2v) is 8.31. The fourth-order valence-electron chi connectivity index (χ4n) is 4.81. The summed E-state index contributed by atoms with van der Waals surface area (Å²) in [4.78, 5) is 13.7. The number of fused-ring (bicyclic) bond motifs is 2. The lowest BCUT2D eigenvalue weighted by atomic mass is 10.0. The van der Waals surface area contributed by atoms with Gasteiger partial charge in [0.2, 0.25) is 0 Å². The fraction of sp³-hybridized carbons (Fsp3) is 0.400. The van der Waals surface area contributed by atoms with Gasteiger partial charge < -0.3 is 18.8 Å². The normalized spacial score (nSPS) is 21.0. The molecule has 0 radical (unpaired) electrons. The van der Waals surface area contributed by atoms with Gasteiger partial charge in [-0.1, -0.05) is 19.1 Å². The van der Waals surface area contributed by atoms with Crippen LogP contribution in [-0.4, -0.2) is 19.8 Å². The van der Waals surface area contributed by atoms with E-state index in [1.165, 1.54) is 22.4 Å². The van der Waals surface area contributed by atoms with Crippen LogP contribution in [0.5, 0.6) is 11.5 Å². The lowest BCUT2D eigenvalue weighted by Gasteiger charge is -2.23. The smallest absolute Gasteiger partial charge is 0.336 e. The minimum atomic E-state index is -0.267. The van der Waals surface area contributed by atoms with Gasteiger partial charge in [-0.25, -0.2) is 4.79 Å². The predicted molar refractivity (Wildman–Crippen MR) is 115 cm³/mol. The molecule has 0 amide bonds. The molecular formula is C25H28NO4+. The second kappa shape index (κ2) is 8.15. The molecule has 156 valence electrons. The summed E-state index contributed by atoms with van der Waals surface area (Å²) in [6.07, 6.45) is 4.14. The predicted octanol–water partition coefficient (Wildman–Crippen LogP) is 3.44. The number of nitrogens with one attached hydrogen (secondary N) is 1. The van der Waals surface area contributed by atoms with Crippen LogP contribution in [-0.2, 0) is 13.0 Å². The topological polar surface area (TPSA) is 53.1 Å². The van der Waals surface area contributed by atoms with Crippen LogP contribution in [0, 0.1) is 0 Å². The monoisotopic (exact) mass is 406 g/mol. The van der Waals surface area contributed by atoms with Crippen LogP contribution in [0.1, 0.15) is 48.9 Å². The first kappa shape index (κ1) is 19.2. The van der Waals surface area contributed by atoms with E-state index in [4.69, 9.17) is 13.9 Å². The molecule has 1 aromatic heterocycles. The average Bonchev–Trinajstić information content (AvgIpc) is 3.08. The van der Waals surface area contributed by atoms with Gasteiger partial charge in [-0.3, -0.25) is 0 Å². The van der Waals surface area contributed by atoms with Crippen molar-refractivity contribution >= 4 is 11.0 Å². The lowest BCUT2D eigenvalue weighted by molar-refractivity contribution is -0.931. The molecule has 2 aliphatic rings. The Hall–Kier alpha value is -2.79. The SMILES string of the molecule is CCc1ccc2c(C[NH+]3CCC[C@@H]3c3ccc4c(c3)OCCCO4)cc(=O)oc2c1. The fourth-order valence-corrected chi connectivity index (χ4v) is 4.81. The highest BCUT2D eigenvalue weighted by atomic mass is 16.5. The summed E-state index contributed by atoms with van der Waals surface area (Å²) in [5.41, 5.74) is 3.97. The van der Waals surface area contributed by atoms with Crippen molar-refractivity contribution < 1.29 is 18.8 Å². The van der Waals surface area contributed by atoms with Gasteiger partial charge in [0.05, 0.1) is 19.8 Å².